The molecule has 1 aromatic heterocycles. The molecule has 0 aliphatic heterocycles. The third-order valence-electron chi connectivity index (χ3n) is 2.71. The van der Waals surface area contributed by atoms with Crippen LogP contribution in [-0.2, 0) is 4.74 Å². The normalized spacial score (nSPS) is 10.2. The number of halogens is 1. The third-order valence-corrected chi connectivity index (χ3v) is 3.14. The number of esters is 1. The van der Waals surface area contributed by atoms with Crippen molar-refractivity contribution in [3.63, 3.8) is 0 Å². The summed E-state index contributed by atoms with van der Waals surface area (Å²) in [5.41, 5.74) is 7.06. The zero-order chi connectivity index (χ0) is 15.4. The van der Waals surface area contributed by atoms with Crippen molar-refractivity contribution in [3.05, 3.63) is 46.6 Å². The summed E-state index contributed by atoms with van der Waals surface area (Å²) in [6.45, 7) is 3.84. The Kier molecular flexibility index (Phi) is 4.65. The zero-order valence-corrected chi connectivity index (χ0v) is 12.5. The van der Waals surface area contributed by atoms with Gasteiger partial charge in [-0.15, -0.1) is 0 Å². The zero-order valence-electron chi connectivity index (χ0n) is 11.7. The fourth-order valence-corrected chi connectivity index (χ4v) is 1.81. The van der Waals surface area contributed by atoms with Gasteiger partial charge < -0.3 is 15.2 Å². The first-order valence-electron chi connectivity index (χ1n) is 6.38. The molecule has 2 rings (SSSR count). The van der Waals surface area contributed by atoms with Gasteiger partial charge in [0, 0.05) is 5.02 Å². The SMILES string of the molecule is CCOC(=O)c1cc(N)cnc1Oc1ccc(Cl)c(C)c1. The maximum Gasteiger partial charge on any atom is 0.343 e. The number of anilines is 1. The largest absolute Gasteiger partial charge is 0.462 e. The number of nitrogens with zero attached hydrogens (tertiary/aromatic N) is 1. The monoisotopic (exact) mass is 306 g/mol. The van der Waals surface area contributed by atoms with Crippen LogP contribution in [0.4, 0.5) is 5.69 Å². The van der Waals surface area contributed by atoms with E-state index < -0.39 is 5.97 Å². The highest BCUT2D eigenvalue weighted by molar-refractivity contribution is 6.31. The molecule has 21 heavy (non-hydrogen) atoms. The van der Waals surface area contributed by atoms with Gasteiger partial charge in [-0.25, -0.2) is 9.78 Å². The van der Waals surface area contributed by atoms with Crippen molar-refractivity contribution in [2.75, 3.05) is 12.3 Å². The number of rotatable bonds is 4. The molecule has 0 radical (unpaired) electrons. The van der Waals surface area contributed by atoms with Crippen LogP contribution in [0.5, 0.6) is 11.6 Å². The molecule has 1 heterocycles. The van der Waals surface area contributed by atoms with Crippen molar-refractivity contribution in [2.45, 2.75) is 13.8 Å². The van der Waals surface area contributed by atoms with E-state index in [4.69, 9.17) is 26.8 Å². The number of ether oxygens (including phenoxy) is 2. The molecule has 0 unspecified atom stereocenters. The molecular formula is C15H15ClN2O3. The number of benzene rings is 1. The first-order chi connectivity index (χ1) is 10.0. The Labute approximate surface area is 127 Å². The lowest BCUT2D eigenvalue weighted by atomic mass is 10.2. The van der Waals surface area contributed by atoms with Crippen molar-refractivity contribution < 1.29 is 14.3 Å². The Balaban J connectivity index is 2.34. The van der Waals surface area contributed by atoms with E-state index in [1.807, 2.05) is 6.92 Å². The molecule has 0 saturated carbocycles. The number of nitrogen functional groups attached to an aromatic ring is 1. The molecule has 2 N–H and O–H groups in total. The highest BCUT2D eigenvalue weighted by atomic mass is 35.5. The van der Waals surface area contributed by atoms with Crippen LogP contribution in [0, 0.1) is 6.92 Å². The molecule has 2 aromatic rings. The fraction of sp³-hybridized carbons (Fsp3) is 0.200. The Hall–Kier alpha value is -2.27. The maximum absolute atomic E-state index is 11.9. The second-order valence-electron chi connectivity index (χ2n) is 4.35. The Bertz CT molecular complexity index is 674. The number of hydrogen-bond acceptors (Lipinski definition) is 5. The second kappa shape index (κ2) is 6.45. The molecule has 1 aromatic carbocycles. The van der Waals surface area contributed by atoms with E-state index >= 15 is 0 Å². The minimum absolute atomic E-state index is 0.143. The standard InChI is InChI=1S/C15H15ClN2O3/c1-3-20-15(19)12-7-10(17)8-18-14(12)21-11-4-5-13(16)9(2)6-11/h4-8H,3,17H2,1-2H3. The Morgan fingerprint density at radius 3 is 2.81 bits per heavy atom. The lowest BCUT2D eigenvalue weighted by Gasteiger charge is -2.11. The first kappa shape index (κ1) is 15.1. The lowest BCUT2D eigenvalue weighted by molar-refractivity contribution is 0.0523. The van der Waals surface area contributed by atoms with Crippen LogP contribution < -0.4 is 10.5 Å². The van der Waals surface area contributed by atoms with Gasteiger partial charge in [0.1, 0.15) is 11.3 Å². The van der Waals surface area contributed by atoms with E-state index in [1.165, 1.54) is 12.3 Å². The number of pyridine rings is 1. The van der Waals surface area contributed by atoms with Crippen molar-refractivity contribution in [1.82, 2.24) is 4.98 Å². The predicted octanol–water partition coefficient (Wildman–Crippen LogP) is 3.59. The van der Waals surface area contributed by atoms with E-state index in [-0.39, 0.29) is 18.1 Å². The lowest BCUT2D eigenvalue weighted by Crippen LogP contribution is -2.08. The molecule has 6 heteroatoms. The summed E-state index contributed by atoms with van der Waals surface area (Å²) >= 11 is 5.97. The van der Waals surface area contributed by atoms with Crippen molar-refractivity contribution in [2.24, 2.45) is 0 Å². The summed E-state index contributed by atoms with van der Waals surface area (Å²) in [5.74, 6) is 0.141. The topological polar surface area (TPSA) is 74.4 Å². The average molecular weight is 307 g/mol. The summed E-state index contributed by atoms with van der Waals surface area (Å²) in [6, 6.07) is 6.65. The highest BCUT2D eigenvalue weighted by Gasteiger charge is 2.16. The molecule has 5 nitrogen and oxygen atoms in total. The van der Waals surface area contributed by atoms with Gasteiger partial charge in [-0.3, -0.25) is 0 Å². The van der Waals surface area contributed by atoms with Crippen LogP contribution in [-0.4, -0.2) is 17.6 Å². The van der Waals surface area contributed by atoms with Gasteiger partial charge in [0.25, 0.3) is 0 Å². The first-order valence-corrected chi connectivity index (χ1v) is 6.75. The summed E-state index contributed by atoms with van der Waals surface area (Å²) < 4.78 is 10.6. The predicted molar refractivity (Wildman–Crippen MR) is 80.9 cm³/mol. The van der Waals surface area contributed by atoms with Crippen LogP contribution >= 0.6 is 11.6 Å². The molecular weight excluding hydrogens is 292 g/mol. The van der Waals surface area contributed by atoms with Crippen LogP contribution in [0.2, 0.25) is 5.02 Å². The Morgan fingerprint density at radius 2 is 2.14 bits per heavy atom. The molecule has 0 saturated heterocycles. The Morgan fingerprint density at radius 1 is 1.38 bits per heavy atom. The van der Waals surface area contributed by atoms with E-state index in [0.29, 0.717) is 16.5 Å². The highest BCUT2D eigenvalue weighted by Crippen LogP contribution is 2.28. The van der Waals surface area contributed by atoms with Crippen LogP contribution in [0.15, 0.2) is 30.5 Å². The van der Waals surface area contributed by atoms with Crippen molar-refractivity contribution in [3.8, 4) is 11.6 Å². The molecule has 0 aliphatic rings. The van der Waals surface area contributed by atoms with Gasteiger partial charge >= 0.3 is 5.97 Å². The minimum atomic E-state index is -0.530. The third kappa shape index (κ3) is 3.64. The smallest absolute Gasteiger partial charge is 0.343 e. The van der Waals surface area contributed by atoms with Gasteiger partial charge in [-0.1, -0.05) is 11.6 Å². The van der Waals surface area contributed by atoms with E-state index in [0.717, 1.165) is 5.56 Å². The van der Waals surface area contributed by atoms with E-state index in [1.54, 1.807) is 25.1 Å². The molecule has 0 aliphatic carbocycles. The van der Waals surface area contributed by atoms with Crippen LogP contribution in [0.25, 0.3) is 0 Å². The number of nitrogens with two attached hydrogens (primary N) is 1. The molecule has 0 bridgehead atoms. The van der Waals surface area contributed by atoms with Crippen LogP contribution in [0.3, 0.4) is 0 Å². The number of carbonyl (C=O) groups is 1. The molecule has 0 amide bonds. The molecule has 0 fully saturated rings. The average Bonchev–Trinajstić information content (AvgIpc) is 2.45. The van der Waals surface area contributed by atoms with Gasteiger partial charge in [-0.2, -0.15) is 0 Å². The van der Waals surface area contributed by atoms with Gasteiger partial charge in [0.2, 0.25) is 5.88 Å². The summed E-state index contributed by atoms with van der Waals surface area (Å²) in [5, 5.41) is 0.637. The van der Waals surface area contributed by atoms with Gasteiger partial charge in [0.15, 0.2) is 0 Å². The number of hydrogen-bond donors (Lipinski definition) is 1. The quantitative estimate of drug-likeness (QED) is 0.874. The second-order valence-corrected chi connectivity index (χ2v) is 4.76. The van der Waals surface area contributed by atoms with Crippen molar-refractivity contribution in [1.29, 1.82) is 0 Å². The van der Waals surface area contributed by atoms with E-state index in [2.05, 4.69) is 4.98 Å². The van der Waals surface area contributed by atoms with Crippen LogP contribution in [0.1, 0.15) is 22.8 Å². The number of carbonyl (C=O) groups excluding carboxylic acids is 1. The molecule has 110 valence electrons. The fourth-order valence-electron chi connectivity index (χ4n) is 1.70. The van der Waals surface area contributed by atoms with E-state index in [9.17, 15) is 4.79 Å². The maximum atomic E-state index is 11.9. The van der Waals surface area contributed by atoms with Gasteiger partial charge in [0.05, 0.1) is 18.5 Å². The van der Waals surface area contributed by atoms with Crippen molar-refractivity contribution >= 4 is 23.3 Å². The summed E-state index contributed by atoms with van der Waals surface area (Å²) in [7, 11) is 0. The molecule has 0 atom stereocenters. The summed E-state index contributed by atoms with van der Waals surface area (Å²) in [4.78, 5) is 16.0. The molecule has 0 spiro atoms. The van der Waals surface area contributed by atoms with Gasteiger partial charge in [-0.05, 0) is 43.7 Å². The number of aryl methyl sites for hydroxylation is 1. The summed E-state index contributed by atoms with van der Waals surface area (Å²) in [6.07, 6.45) is 1.42. The minimum Gasteiger partial charge on any atom is -0.462 e. The number of aromatic nitrogens is 1.